The van der Waals surface area contributed by atoms with Crippen LogP contribution in [0.2, 0.25) is 0 Å². The number of fused-ring (bicyclic) bond motifs is 1. The monoisotopic (exact) mass is 243 g/mol. The Bertz CT molecular complexity index is 559. The molecule has 0 amide bonds. The highest BCUT2D eigenvalue weighted by Crippen LogP contribution is 2.32. The normalized spacial score (nSPS) is 18.4. The van der Waals surface area contributed by atoms with Crippen molar-refractivity contribution in [1.82, 2.24) is 4.57 Å². The Balaban J connectivity index is 2.06. The average molecular weight is 243 g/mol. The van der Waals surface area contributed by atoms with Crippen LogP contribution in [0.4, 0.5) is 0 Å². The molecule has 0 radical (unpaired) electrons. The van der Waals surface area contributed by atoms with Gasteiger partial charge in [0.25, 0.3) is 0 Å². The largest absolute Gasteiger partial charge is 0.497 e. The molecule has 18 heavy (non-hydrogen) atoms. The smallest absolute Gasteiger partial charge is 0.120 e. The van der Waals surface area contributed by atoms with E-state index in [0.717, 1.165) is 36.3 Å². The van der Waals surface area contributed by atoms with Gasteiger partial charge >= 0.3 is 0 Å². The van der Waals surface area contributed by atoms with Crippen LogP contribution in [0.3, 0.4) is 0 Å². The minimum atomic E-state index is -0.305. The van der Waals surface area contributed by atoms with Crippen molar-refractivity contribution in [3.05, 3.63) is 47.8 Å². The number of aliphatic hydroxyl groups excluding tert-OH is 1. The first-order valence-corrected chi connectivity index (χ1v) is 6.32. The van der Waals surface area contributed by atoms with Gasteiger partial charge in [0.15, 0.2) is 0 Å². The van der Waals surface area contributed by atoms with Crippen molar-refractivity contribution >= 4 is 0 Å². The van der Waals surface area contributed by atoms with Gasteiger partial charge < -0.3 is 14.4 Å². The van der Waals surface area contributed by atoms with E-state index < -0.39 is 0 Å². The summed E-state index contributed by atoms with van der Waals surface area (Å²) in [7, 11) is 1.67. The number of methoxy groups -OCH3 is 1. The molecule has 1 aromatic carbocycles. The third-order valence-electron chi connectivity index (χ3n) is 3.61. The molecule has 1 aliphatic rings. The lowest BCUT2D eigenvalue weighted by Crippen LogP contribution is -2.10. The first-order valence-electron chi connectivity index (χ1n) is 6.32. The van der Waals surface area contributed by atoms with Crippen molar-refractivity contribution in [1.29, 1.82) is 0 Å². The van der Waals surface area contributed by atoms with E-state index >= 15 is 0 Å². The molecule has 0 saturated carbocycles. The fourth-order valence-corrected chi connectivity index (χ4v) is 2.67. The molecule has 0 spiro atoms. The summed E-state index contributed by atoms with van der Waals surface area (Å²) in [5, 5.41) is 9.98. The standard InChI is InChI=1S/C15H17NO2/c1-18-12-5-2-4-11(10-12)16-9-8-13-14(16)6-3-7-15(13)17/h2,4-5,8-10,15,17H,3,6-7H2,1H3. The second kappa shape index (κ2) is 4.50. The lowest BCUT2D eigenvalue weighted by atomic mass is 9.95. The average Bonchev–Trinajstić information content (AvgIpc) is 2.84. The maximum absolute atomic E-state index is 9.98. The van der Waals surface area contributed by atoms with Crippen molar-refractivity contribution in [3.63, 3.8) is 0 Å². The van der Waals surface area contributed by atoms with Crippen molar-refractivity contribution in [2.75, 3.05) is 7.11 Å². The van der Waals surface area contributed by atoms with Crippen LogP contribution in [0.15, 0.2) is 36.5 Å². The van der Waals surface area contributed by atoms with Gasteiger partial charge in [-0.1, -0.05) is 6.07 Å². The van der Waals surface area contributed by atoms with Crippen LogP contribution in [0.1, 0.15) is 30.2 Å². The Morgan fingerprint density at radius 2 is 2.22 bits per heavy atom. The molecule has 94 valence electrons. The van der Waals surface area contributed by atoms with E-state index in [0.29, 0.717) is 0 Å². The molecule has 1 unspecified atom stereocenters. The molecule has 1 aromatic heterocycles. The Morgan fingerprint density at radius 1 is 1.33 bits per heavy atom. The SMILES string of the molecule is COc1cccc(-n2ccc3c2CCCC3O)c1. The van der Waals surface area contributed by atoms with Gasteiger partial charge in [-0.15, -0.1) is 0 Å². The molecule has 1 heterocycles. The first kappa shape index (κ1) is 11.4. The molecule has 0 fully saturated rings. The summed E-state index contributed by atoms with van der Waals surface area (Å²) >= 11 is 0. The maximum atomic E-state index is 9.98. The topological polar surface area (TPSA) is 34.4 Å². The van der Waals surface area contributed by atoms with Gasteiger partial charge in [0, 0.05) is 29.2 Å². The third-order valence-corrected chi connectivity index (χ3v) is 3.61. The Kier molecular flexibility index (Phi) is 2.84. The van der Waals surface area contributed by atoms with Crippen molar-refractivity contribution < 1.29 is 9.84 Å². The summed E-state index contributed by atoms with van der Waals surface area (Å²) < 4.78 is 7.41. The summed E-state index contributed by atoms with van der Waals surface area (Å²) in [4.78, 5) is 0. The highest BCUT2D eigenvalue weighted by atomic mass is 16.5. The number of hydrogen-bond acceptors (Lipinski definition) is 2. The van der Waals surface area contributed by atoms with Crippen molar-refractivity contribution in [2.24, 2.45) is 0 Å². The summed E-state index contributed by atoms with van der Waals surface area (Å²) in [6.45, 7) is 0. The number of benzene rings is 1. The molecule has 1 aliphatic carbocycles. The zero-order chi connectivity index (χ0) is 12.5. The first-order chi connectivity index (χ1) is 8.79. The number of rotatable bonds is 2. The van der Waals surface area contributed by atoms with Crippen LogP contribution in [0, 0.1) is 0 Å². The van der Waals surface area contributed by atoms with E-state index in [1.807, 2.05) is 30.5 Å². The molecule has 0 saturated heterocycles. The summed E-state index contributed by atoms with van der Waals surface area (Å²) in [5.41, 5.74) is 3.38. The number of aliphatic hydroxyl groups is 1. The molecule has 1 N–H and O–H groups in total. The van der Waals surface area contributed by atoms with Crippen LogP contribution < -0.4 is 4.74 Å². The molecule has 3 rings (SSSR count). The molecule has 3 heteroatoms. The van der Waals surface area contributed by atoms with E-state index in [1.54, 1.807) is 7.11 Å². The maximum Gasteiger partial charge on any atom is 0.120 e. The molecule has 0 bridgehead atoms. The molecule has 2 aromatic rings. The van der Waals surface area contributed by atoms with Gasteiger partial charge in [0.05, 0.1) is 13.2 Å². The zero-order valence-corrected chi connectivity index (χ0v) is 10.5. The molecule has 1 atom stereocenters. The summed E-state index contributed by atoms with van der Waals surface area (Å²) in [5.74, 6) is 0.853. The molecule has 0 aliphatic heterocycles. The van der Waals surface area contributed by atoms with Crippen molar-refractivity contribution in [3.8, 4) is 11.4 Å². The van der Waals surface area contributed by atoms with Crippen LogP contribution in [0.25, 0.3) is 5.69 Å². The van der Waals surface area contributed by atoms with E-state index in [1.165, 1.54) is 5.69 Å². The van der Waals surface area contributed by atoms with Crippen LogP contribution in [0.5, 0.6) is 5.75 Å². The second-order valence-electron chi connectivity index (χ2n) is 4.70. The van der Waals surface area contributed by atoms with Gasteiger partial charge in [0.1, 0.15) is 5.75 Å². The lowest BCUT2D eigenvalue weighted by Gasteiger charge is -2.20. The van der Waals surface area contributed by atoms with Crippen LogP contribution >= 0.6 is 0 Å². The van der Waals surface area contributed by atoms with Gasteiger partial charge in [0.2, 0.25) is 0 Å². The fourth-order valence-electron chi connectivity index (χ4n) is 2.67. The van der Waals surface area contributed by atoms with Gasteiger partial charge in [-0.2, -0.15) is 0 Å². The van der Waals surface area contributed by atoms with Crippen molar-refractivity contribution in [2.45, 2.75) is 25.4 Å². The minimum Gasteiger partial charge on any atom is -0.497 e. The Hall–Kier alpha value is -1.74. The summed E-state index contributed by atoms with van der Waals surface area (Å²) in [6, 6.07) is 10.0. The van der Waals surface area contributed by atoms with E-state index in [-0.39, 0.29) is 6.10 Å². The number of aromatic nitrogens is 1. The number of ether oxygens (including phenoxy) is 1. The Labute approximate surface area is 107 Å². The van der Waals surface area contributed by atoms with Crippen LogP contribution in [-0.4, -0.2) is 16.8 Å². The van der Waals surface area contributed by atoms with Gasteiger partial charge in [-0.25, -0.2) is 0 Å². The molecular weight excluding hydrogens is 226 g/mol. The minimum absolute atomic E-state index is 0.305. The third kappa shape index (κ3) is 1.81. The van der Waals surface area contributed by atoms with E-state index in [2.05, 4.69) is 10.6 Å². The van der Waals surface area contributed by atoms with Gasteiger partial charge in [-0.05, 0) is 37.5 Å². The van der Waals surface area contributed by atoms with E-state index in [4.69, 9.17) is 4.74 Å². The van der Waals surface area contributed by atoms with E-state index in [9.17, 15) is 5.11 Å². The van der Waals surface area contributed by atoms with Crippen LogP contribution in [-0.2, 0) is 6.42 Å². The highest BCUT2D eigenvalue weighted by Gasteiger charge is 2.21. The second-order valence-corrected chi connectivity index (χ2v) is 4.70. The molecule has 3 nitrogen and oxygen atoms in total. The fraction of sp³-hybridized carbons (Fsp3) is 0.333. The predicted octanol–water partition coefficient (Wildman–Crippen LogP) is 2.86. The zero-order valence-electron chi connectivity index (χ0n) is 10.5. The number of nitrogens with zero attached hydrogens (tertiary/aromatic N) is 1. The lowest BCUT2D eigenvalue weighted by molar-refractivity contribution is 0.156. The molecular formula is C15H17NO2. The quantitative estimate of drug-likeness (QED) is 0.880. The number of hydrogen-bond donors (Lipinski definition) is 1. The Morgan fingerprint density at radius 3 is 3.06 bits per heavy atom. The predicted molar refractivity (Wildman–Crippen MR) is 70.2 cm³/mol. The van der Waals surface area contributed by atoms with Gasteiger partial charge in [-0.3, -0.25) is 0 Å². The highest BCUT2D eigenvalue weighted by molar-refractivity contribution is 5.43. The summed E-state index contributed by atoms with van der Waals surface area (Å²) in [6.07, 6.45) is 4.67.